The molecule has 2 fully saturated rings. The average molecular weight is 182 g/mol. The van der Waals surface area contributed by atoms with E-state index in [9.17, 15) is 5.11 Å². The van der Waals surface area contributed by atoms with E-state index in [1.807, 2.05) is 0 Å². The highest BCUT2D eigenvalue weighted by atomic mass is 16.3. The van der Waals surface area contributed by atoms with E-state index < -0.39 is 0 Å². The number of aliphatic hydroxyl groups is 1. The second kappa shape index (κ2) is 3.27. The maximum atomic E-state index is 9.55. The van der Waals surface area contributed by atoms with Crippen molar-refractivity contribution in [3.8, 4) is 0 Å². The molecule has 76 valence electrons. The Morgan fingerprint density at radius 1 is 0.923 bits per heavy atom. The molecule has 0 aromatic heterocycles. The van der Waals surface area contributed by atoms with Gasteiger partial charge in [-0.05, 0) is 36.5 Å². The fourth-order valence-electron chi connectivity index (χ4n) is 3.42. The van der Waals surface area contributed by atoms with Crippen molar-refractivity contribution in [2.24, 2.45) is 10.8 Å². The minimum atomic E-state index is 0.327. The molecule has 0 aliphatic heterocycles. The van der Waals surface area contributed by atoms with Crippen molar-refractivity contribution in [3.63, 3.8) is 0 Å². The summed E-state index contributed by atoms with van der Waals surface area (Å²) in [5, 5.41) is 9.55. The molecule has 1 N–H and O–H groups in total. The van der Waals surface area contributed by atoms with Crippen LogP contribution in [-0.4, -0.2) is 11.7 Å². The van der Waals surface area contributed by atoms with Gasteiger partial charge in [0.05, 0.1) is 0 Å². The van der Waals surface area contributed by atoms with E-state index in [4.69, 9.17) is 0 Å². The highest BCUT2D eigenvalue weighted by molar-refractivity contribution is 5.01. The van der Waals surface area contributed by atoms with Crippen molar-refractivity contribution in [1.29, 1.82) is 0 Å². The van der Waals surface area contributed by atoms with E-state index in [-0.39, 0.29) is 0 Å². The zero-order chi connectivity index (χ0) is 9.36. The quantitative estimate of drug-likeness (QED) is 0.695. The van der Waals surface area contributed by atoms with Crippen LogP contribution in [0.1, 0.15) is 58.3 Å². The standard InChI is InChI=1S/C12H22O/c1-11(6-3-2-4-7-11)12(10-13)8-5-9-12/h13H,2-10H2,1H3. The van der Waals surface area contributed by atoms with E-state index in [0.717, 1.165) is 0 Å². The van der Waals surface area contributed by atoms with Gasteiger partial charge >= 0.3 is 0 Å². The molecule has 0 aromatic carbocycles. The summed E-state index contributed by atoms with van der Waals surface area (Å²) in [5.41, 5.74) is 0.797. The third kappa shape index (κ3) is 1.32. The Bertz CT molecular complexity index is 170. The summed E-state index contributed by atoms with van der Waals surface area (Å²) in [6.07, 6.45) is 10.8. The summed E-state index contributed by atoms with van der Waals surface area (Å²) in [5.74, 6) is 0. The first-order valence-corrected chi connectivity index (χ1v) is 5.83. The van der Waals surface area contributed by atoms with Gasteiger partial charge in [0.2, 0.25) is 0 Å². The normalized spacial score (nSPS) is 30.9. The molecule has 13 heavy (non-hydrogen) atoms. The average Bonchev–Trinajstić information content (AvgIpc) is 2.04. The summed E-state index contributed by atoms with van der Waals surface area (Å²) < 4.78 is 0. The van der Waals surface area contributed by atoms with Crippen LogP contribution in [0.25, 0.3) is 0 Å². The number of hydrogen-bond donors (Lipinski definition) is 1. The van der Waals surface area contributed by atoms with Crippen LogP contribution in [0, 0.1) is 10.8 Å². The summed E-state index contributed by atoms with van der Waals surface area (Å²) in [7, 11) is 0. The fourth-order valence-corrected chi connectivity index (χ4v) is 3.42. The Hall–Kier alpha value is -0.0400. The highest BCUT2D eigenvalue weighted by Gasteiger charge is 2.51. The summed E-state index contributed by atoms with van der Waals surface area (Å²) in [6, 6.07) is 0. The molecular weight excluding hydrogens is 160 g/mol. The van der Waals surface area contributed by atoms with Gasteiger partial charge in [0.15, 0.2) is 0 Å². The second-order valence-corrected chi connectivity index (χ2v) is 5.41. The first kappa shape index (κ1) is 9.51. The van der Waals surface area contributed by atoms with Gasteiger partial charge in [-0.3, -0.25) is 0 Å². The Morgan fingerprint density at radius 2 is 1.54 bits per heavy atom. The van der Waals surface area contributed by atoms with Crippen LogP contribution in [0.4, 0.5) is 0 Å². The lowest BCUT2D eigenvalue weighted by atomic mass is 9.50. The Balaban J connectivity index is 2.10. The predicted octanol–water partition coefficient (Wildman–Crippen LogP) is 3.12. The van der Waals surface area contributed by atoms with Gasteiger partial charge < -0.3 is 5.11 Å². The van der Waals surface area contributed by atoms with E-state index in [2.05, 4.69) is 6.92 Å². The first-order chi connectivity index (χ1) is 6.22. The largest absolute Gasteiger partial charge is 0.396 e. The molecule has 2 aliphatic rings. The van der Waals surface area contributed by atoms with Gasteiger partial charge in [-0.2, -0.15) is 0 Å². The Labute approximate surface area is 81.5 Å². The molecule has 0 radical (unpaired) electrons. The van der Waals surface area contributed by atoms with Crippen LogP contribution in [-0.2, 0) is 0 Å². The first-order valence-electron chi connectivity index (χ1n) is 5.83. The molecule has 0 heterocycles. The lowest BCUT2D eigenvalue weighted by molar-refractivity contribution is -0.0910. The maximum absolute atomic E-state index is 9.55. The van der Waals surface area contributed by atoms with Crippen molar-refractivity contribution in [2.75, 3.05) is 6.61 Å². The highest BCUT2D eigenvalue weighted by Crippen LogP contribution is 2.59. The number of aliphatic hydroxyl groups excluding tert-OH is 1. The Kier molecular flexibility index (Phi) is 2.39. The summed E-state index contributed by atoms with van der Waals surface area (Å²) in [4.78, 5) is 0. The molecule has 0 amide bonds. The van der Waals surface area contributed by atoms with E-state index in [1.54, 1.807) is 0 Å². The van der Waals surface area contributed by atoms with Crippen LogP contribution in [0.2, 0.25) is 0 Å². The molecule has 0 bridgehead atoms. The molecule has 2 aliphatic carbocycles. The molecule has 0 saturated heterocycles. The van der Waals surface area contributed by atoms with Crippen LogP contribution in [0.15, 0.2) is 0 Å². The van der Waals surface area contributed by atoms with E-state index >= 15 is 0 Å². The summed E-state index contributed by atoms with van der Waals surface area (Å²) >= 11 is 0. The molecule has 2 saturated carbocycles. The minimum absolute atomic E-state index is 0.327. The lowest BCUT2D eigenvalue weighted by Gasteiger charge is -2.55. The number of rotatable bonds is 2. The lowest BCUT2D eigenvalue weighted by Crippen LogP contribution is -2.48. The van der Waals surface area contributed by atoms with E-state index in [0.29, 0.717) is 17.4 Å². The molecule has 0 aromatic rings. The fraction of sp³-hybridized carbons (Fsp3) is 1.00. The smallest absolute Gasteiger partial charge is 0.0492 e. The van der Waals surface area contributed by atoms with Crippen molar-refractivity contribution < 1.29 is 5.11 Å². The predicted molar refractivity (Wildman–Crippen MR) is 54.6 cm³/mol. The molecule has 2 rings (SSSR count). The van der Waals surface area contributed by atoms with Gasteiger partial charge in [0.25, 0.3) is 0 Å². The zero-order valence-electron chi connectivity index (χ0n) is 8.81. The van der Waals surface area contributed by atoms with Crippen molar-refractivity contribution >= 4 is 0 Å². The second-order valence-electron chi connectivity index (χ2n) is 5.41. The minimum Gasteiger partial charge on any atom is -0.396 e. The van der Waals surface area contributed by atoms with Crippen LogP contribution in [0.3, 0.4) is 0 Å². The van der Waals surface area contributed by atoms with E-state index in [1.165, 1.54) is 51.4 Å². The van der Waals surface area contributed by atoms with Crippen molar-refractivity contribution in [2.45, 2.75) is 58.3 Å². The zero-order valence-corrected chi connectivity index (χ0v) is 8.81. The van der Waals surface area contributed by atoms with Crippen molar-refractivity contribution in [3.05, 3.63) is 0 Å². The Morgan fingerprint density at radius 3 is 1.92 bits per heavy atom. The van der Waals surface area contributed by atoms with Gasteiger partial charge in [0.1, 0.15) is 0 Å². The van der Waals surface area contributed by atoms with Crippen LogP contribution in [0.5, 0.6) is 0 Å². The number of hydrogen-bond acceptors (Lipinski definition) is 1. The van der Waals surface area contributed by atoms with Gasteiger partial charge in [0, 0.05) is 6.61 Å². The maximum Gasteiger partial charge on any atom is 0.0492 e. The van der Waals surface area contributed by atoms with Gasteiger partial charge in [-0.1, -0.05) is 32.6 Å². The summed E-state index contributed by atoms with van der Waals surface area (Å²) in [6.45, 7) is 2.85. The third-order valence-corrected chi connectivity index (χ3v) is 4.85. The molecule has 0 spiro atoms. The molecule has 0 unspecified atom stereocenters. The molecular formula is C12H22O. The van der Waals surface area contributed by atoms with Crippen molar-refractivity contribution in [1.82, 2.24) is 0 Å². The van der Waals surface area contributed by atoms with Gasteiger partial charge in [-0.25, -0.2) is 0 Å². The van der Waals surface area contributed by atoms with Gasteiger partial charge in [-0.15, -0.1) is 0 Å². The molecule has 1 nitrogen and oxygen atoms in total. The SMILES string of the molecule is CC1(C2(CO)CCC2)CCCCC1. The van der Waals surface area contributed by atoms with Crippen LogP contribution < -0.4 is 0 Å². The molecule has 0 atom stereocenters. The monoisotopic (exact) mass is 182 g/mol. The topological polar surface area (TPSA) is 20.2 Å². The van der Waals surface area contributed by atoms with Crippen LogP contribution >= 0.6 is 0 Å². The third-order valence-electron chi connectivity index (χ3n) is 4.85. The molecule has 1 heteroatoms.